The highest BCUT2D eigenvalue weighted by Gasteiger charge is 1.93. The molecule has 9 heavy (non-hydrogen) atoms. The van der Waals surface area contributed by atoms with E-state index in [1.165, 1.54) is 0 Å². The smallest absolute Gasteiger partial charge is 0.0728 e. The van der Waals surface area contributed by atoms with Crippen LogP contribution in [0.3, 0.4) is 0 Å². The Bertz CT molecular complexity index is 220. The molecule has 1 N–H and O–H groups in total. The second-order valence-corrected chi connectivity index (χ2v) is 2.39. The molecule has 0 heterocycles. The lowest BCUT2D eigenvalue weighted by molar-refractivity contribution is 1.41. The van der Waals surface area contributed by atoms with Crippen molar-refractivity contribution in [2.75, 3.05) is 0 Å². The lowest BCUT2D eigenvalue weighted by atomic mass is 10.2. The van der Waals surface area contributed by atoms with Gasteiger partial charge >= 0.3 is 0 Å². The van der Waals surface area contributed by atoms with Gasteiger partial charge in [-0.1, -0.05) is 17.7 Å². The Hall–Kier alpha value is -0.690. The summed E-state index contributed by atoms with van der Waals surface area (Å²) in [5.74, 6) is 0. The third-order valence-corrected chi connectivity index (χ3v) is 1.45. The molecule has 1 aromatic rings. The normalized spacial score (nSPS) is 9.56. The molecule has 1 aromatic carbocycles. The van der Waals surface area contributed by atoms with E-state index in [1.807, 2.05) is 13.0 Å². The van der Waals surface area contributed by atoms with E-state index in [4.69, 9.17) is 17.3 Å². The molecule has 0 aliphatic carbocycles. The van der Waals surface area contributed by atoms with Crippen molar-refractivity contribution in [2.24, 2.45) is 0 Å². The second kappa shape index (κ2) is 2.28. The quantitative estimate of drug-likeness (QED) is 0.529. The number of halogens is 1. The van der Waals surface area contributed by atoms with E-state index in [0.29, 0.717) is 10.7 Å². The minimum Gasteiger partial charge on any atom is -0.299 e. The van der Waals surface area contributed by atoms with Crippen LogP contribution in [0.2, 0.25) is 5.02 Å². The van der Waals surface area contributed by atoms with Crippen LogP contribution >= 0.6 is 11.6 Å². The van der Waals surface area contributed by atoms with Gasteiger partial charge in [0.05, 0.1) is 10.7 Å². The van der Waals surface area contributed by atoms with Gasteiger partial charge in [-0.2, -0.15) is 0 Å². The van der Waals surface area contributed by atoms with Gasteiger partial charge in [-0.25, -0.2) is 0 Å². The van der Waals surface area contributed by atoms with Gasteiger partial charge < -0.3 is 0 Å². The van der Waals surface area contributed by atoms with Crippen LogP contribution in [-0.4, -0.2) is 0 Å². The average Bonchev–Trinajstić information content (AvgIpc) is 1.80. The molecule has 1 radical (unpaired) electrons. The first-order chi connectivity index (χ1) is 4.20. The highest BCUT2D eigenvalue weighted by Crippen LogP contribution is 2.19. The maximum absolute atomic E-state index is 7.23. The monoisotopic (exact) mass is 140 g/mol. The fourth-order valence-electron chi connectivity index (χ4n) is 0.639. The summed E-state index contributed by atoms with van der Waals surface area (Å²) in [6.45, 7) is 1.94. The Kier molecular flexibility index (Phi) is 1.63. The largest absolute Gasteiger partial charge is 0.299 e. The lowest BCUT2D eigenvalue weighted by Gasteiger charge is -1.95. The number of aryl methyl sites for hydroxylation is 1. The summed E-state index contributed by atoms with van der Waals surface area (Å²) in [5.41, 5.74) is 8.70. The first-order valence-corrected chi connectivity index (χ1v) is 3.05. The SMILES string of the molecule is Cc1ccc(Cl)c([NH])c1. The predicted molar refractivity (Wildman–Crippen MR) is 38.9 cm³/mol. The van der Waals surface area contributed by atoms with Gasteiger partial charge in [-0.15, -0.1) is 0 Å². The number of hydrogen-bond donors (Lipinski definition) is 0. The van der Waals surface area contributed by atoms with E-state index in [1.54, 1.807) is 12.1 Å². The number of hydrogen-bond acceptors (Lipinski definition) is 0. The van der Waals surface area contributed by atoms with Gasteiger partial charge in [0.15, 0.2) is 0 Å². The standard InChI is InChI=1S/C7H7ClN/c1-5-2-3-6(8)7(9)4-5/h2-4,9H,1H3. The van der Waals surface area contributed by atoms with E-state index in [-0.39, 0.29) is 0 Å². The van der Waals surface area contributed by atoms with Crippen molar-refractivity contribution >= 4 is 17.3 Å². The highest BCUT2D eigenvalue weighted by molar-refractivity contribution is 6.32. The molecule has 0 amide bonds. The maximum Gasteiger partial charge on any atom is 0.0728 e. The third-order valence-electron chi connectivity index (χ3n) is 1.12. The minimum atomic E-state index is 0.400. The van der Waals surface area contributed by atoms with Crippen molar-refractivity contribution < 1.29 is 0 Å². The first kappa shape index (κ1) is 6.43. The second-order valence-electron chi connectivity index (χ2n) is 1.98. The van der Waals surface area contributed by atoms with Crippen LogP contribution in [0.25, 0.3) is 0 Å². The molecule has 0 aliphatic rings. The Morgan fingerprint density at radius 1 is 1.44 bits per heavy atom. The molecular formula is C7H7ClN. The minimum absolute atomic E-state index is 0.400. The van der Waals surface area contributed by atoms with Gasteiger partial charge in [-0.3, -0.25) is 5.73 Å². The van der Waals surface area contributed by atoms with E-state index < -0.39 is 0 Å². The van der Waals surface area contributed by atoms with Crippen LogP contribution in [0.1, 0.15) is 5.56 Å². The van der Waals surface area contributed by atoms with Crippen LogP contribution in [0.5, 0.6) is 0 Å². The van der Waals surface area contributed by atoms with E-state index in [0.717, 1.165) is 5.56 Å². The van der Waals surface area contributed by atoms with E-state index in [2.05, 4.69) is 0 Å². The van der Waals surface area contributed by atoms with Gasteiger partial charge in [-0.05, 0) is 24.6 Å². The van der Waals surface area contributed by atoms with E-state index in [9.17, 15) is 0 Å². The first-order valence-electron chi connectivity index (χ1n) is 2.68. The van der Waals surface area contributed by atoms with Crippen molar-refractivity contribution in [1.82, 2.24) is 5.73 Å². The van der Waals surface area contributed by atoms with Crippen LogP contribution in [0.15, 0.2) is 18.2 Å². The number of rotatable bonds is 0. The topological polar surface area (TPSA) is 23.8 Å². The van der Waals surface area contributed by atoms with Crippen molar-refractivity contribution in [3.05, 3.63) is 28.8 Å². The van der Waals surface area contributed by atoms with Crippen LogP contribution < -0.4 is 5.73 Å². The molecule has 0 unspecified atom stereocenters. The van der Waals surface area contributed by atoms with Crippen molar-refractivity contribution in [2.45, 2.75) is 6.92 Å². The van der Waals surface area contributed by atoms with Gasteiger partial charge in [0.25, 0.3) is 0 Å². The molecule has 0 aromatic heterocycles. The van der Waals surface area contributed by atoms with Crippen molar-refractivity contribution in [3.8, 4) is 0 Å². The van der Waals surface area contributed by atoms with Crippen molar-refractivity contribution in [1.29, 1.82) is 0 Å². The summed E-state index contributed by atoms with van der Waals surface area (Å²) in [4.78, 5) is 0. The predicted octanol–water partition coefficient (Wildman–Crippen LogP) is 2.56. The van der Waals surface area contributed by atoms with Crippen LogP contribution in [0, 0.1) is 6.92 Å². The fourth-order valence-corrected chi connectivity index (χ4v) is 0.757. The van der Waals surface area contributed by atoms with Gasteiger partial charge in [0, 0.05) is 0 Å². The molecule has 0 bridgehead atoms. The Labute approximate surface area is 59.4 Å². The average molecular weight is 141 g/mol. The molecule has 0 spiro atoms. The van der Waals surface area contributed by atoms with Gasteiger partial charge in [0.2, 0.25) is 0 Å². The summed E-state index contributed by atoms with van der Waals surface area (Å²) >= 11 is 5.59. The molecule has 0 saturated heterocycles. The molecule has 0 fully saturated rings. The Morgan fingerprint density at radius 2 is 2.11 bits per heavy atom. The van der Waals surface area contributed by atoms with Crippen molar-refractivity contribution in [3.63, 3.8) is 0 Å². The highest BCUT2D eigenvalue weighted by atomic mass is 35.5. The summed E-state index contributed by atoms with van der Waals surface area (Å²) in [6, 6.07) is 5.36. The Morgan fingerprint density at radius 3 is 2.56 bits per heavy atom. The molecule has 1 nitrogen and oxygen atoms in total. The zero-order valence-corrected chi connectivity index (χ0v) is 5.87. The summed E-state index contributed by atoms with van der Waals surface area (Å²) in [6.07, 6.45) is 0. The third kappa shape index (κ3) is 1.36. The van der Waals surface area contributed by atoms with Crippen LogP contribution in [-0.2, 0) is 0 Å². The molecular weight excluding hydrogens is 134 g/mol. The summed E-state index contributed by atoms with van der Waals surface area (Å²) in [7, 11) is 0. The maximum atomic E-state index is 7.23. The fraction of sp³-hybridized carbons (Fsp3) is 0.143. The lowest BCUT2D eigenvalue weighted by Crippen LogP contribution is -1.74. The molecule has 47 valence electrons. The van der Waals surface area contributed by atoms with Gasteiger partial charge in [0.1, 0.15) is 0 Å². The molecule has 0 atom stereocenters. The Balaban J connectivity index is 3.17. The molecule has 2 heteroatoms. The summed E-state index contributed by atoms with van der Waals surface area (Å²) < 4.78 is 0. The summed E-state index contributed by atoms with van der Waals surface area (Å²) in [5, 5.41) is 0.514. The number of benzene rings is 1. The zero-order valence-electron chi connectivity index (χ0n) is 5.11. The molecule has 0 aliphatic heterocycles. The zero-order chi connectivity index (χ0) is 6.85. The van der Waals surface area contributed by atoms with E-state index >= 15 is 0 Å². The number of nitrogens with one attached hydrogen (secondary N) is 1. The molecule has 1 rings (SSSR count). The molecule has 0 saturated carbocycles. The van der Waals surface area contributed by atoms with Crippen LogP contribution in [0.4, 0.5) is 5.69 Å².